The molecule has 0 fully saturated rings. The Labute approximate surface area is 106 Å². The Hall–Kier alpha value is 0.210. The molecule has 3 unspecified atom stereocenters. The van der Waals surface area contributed by atoms with Crippen molar-refractivity contribution < 1.29 is 5.11 Å². The van der Waals surface area contributed by atoms with Gasteiger partial charge in [-0.25, -0.2) is 0 Å². The van der Waals surface area contributed by atoms with Gasteiger partial charge in [-0.2, -0.15) is 0 Å². The second-order valence-electron chi connectivity index (χ2n) is 5.03. The van der Waals surface area contributed by atoms with Crippen molar-refractivity contribution in [1.82, 2.24) is 4.90 Å². The Morgan fingerprint density at radius 2 is 1.81 bits per heavy atom. The maximum Gasteiger partial charge on any atom is 0.0527 e. The third-order valence-electron chi connectivity index (χ3n) is 2.99. The van der Waals surface area contributed by atoms with Gasteiger partial charge in [-0.3, -0.25) is 0 Å². The zero-order valence-corrected chi connectivity index (χ0v) is 12.0. The normalized spacial score (nSPS) is 17.4. The van der Waals surface area contributed by atoms with Crippen LogP contribution in [0.5, 0.6) is 0 Å². The molecule has 0 saturated heterocycles. The first-order valence-corrected chi connectivity index (χ1v) is 6.89. The fourth-order valence-electron chi connectivity index (χ4n) is 1.94. The molecule has 0 heterocycles. The van der Waals surface area contributed by atoms with E-state index in [0.717, 1.165) is 19.3 Å². The standard InChI is InChI=1S/C13H28ClNO/c1-5-6-7-8-12(14)10-13(15(3)4)9-11(2)16/h11-13,16H,5-10H2,1-4H3. The number of nitrogens with zero attached hydrogens (tertiary/aromatic N) is 1. The van der Waals surface area contributed by atoms with Crippen LogP contribution in [0.4, 0.5) is 0 Å². The van der Waals surface area contributed by atoms with E-state index in [9.17, 15) is 5.11 Å². The lowest BCUT2D eigenvalue weighted by atomic mass is 10.0. The van der Waals surface area contributed by atoms with Crippen molar-refractivity contribution >= 4 is 11.6 Å². The van der Waals surface area contributed by atoms with E-state index in [1.807, 2.05) is 6.92 Å². The fourth-order valence-corrected chi connectivity index (χ4v) is 2.30. The van der Waals surface area contributed by atoms with Crippen molar-refractivity contribution in [3.05, 3.63) is 0 Å². The van der Waals surface area contributed by atoms with Crippen molar-refractivity contribution in [2.75, 3.05) is 14.1 Å². The molecule has 0 radical (unpaired) electrons. The van der Waals surface area contributed by atoms with Crippen molar-refractivity contribution in [1.29, 1.82) is 0 Å². The van der Waals surface area contributed by atoms with Gasteiger partial charge < -0.3 is 10.0 Å². The number of hydrogen-bond donors (Lipinski definition) is 1. The molecule has 0 aliphatic rings. The molecule has 16 heavy (non-hydrogen) atoms. The van der Waals surface area contributed by atoms with E-state index in [1.165, 1.54) is 19.3 Å². The van der Waals surface area contributed by atoms with Gasteiger partial charge in [0.25, 0.3) is 0 Å². The third kappa shape index (κ3) is 8.37. The van der Waals surface area contributed by atoms with Crippen LogP contribution in [0.15, 0.2) is 0 Å². The van der Waals surface area contributed by atoms with Gasteiger partial charge >= 0.3 is 0 Å². The highest BCUT2D eigenvalue weighted by molar-refractivity contribution is 6.20. The lowest BCUT2D eigenvalue weighted by Gasteiger charge is -2.27. The molecule has 3 atom stereocenters. The summed E-state index contributed by atoms with van der Waals surface area (Å²) < 4.78 is 0. The zero-order valence-electron chi connectivity index (χ0n) is 11.2. The number of halogens is 1. The van der Waals surface area contributed by atoms with E-state index in [0.29, 0.717) is 6.04 Å². The number of rotatable bonds is 9. The van der Waals surface area contributed by atoms with E-state index in [1.54, 1.807) is 0 Å². The SMILES string of the molecule is CCCCCC(Cl)CC(CC(C)O)N(C)C. The van der Waals surface area contributed by atoms with Gasteiger partial charge in [0.15, 0.2) is 0 Å². The van der Waals surface area contributed by atoms with E-state index in [-0.39, 0.29) is 11.5 Å². The van der Waals surface area contributed by atoms with Crippen molar-refractivity contribution in [3.63, 3.8) is 0 Å². The Bertz CT molecular complexity index is 162. The third-order valence-corrected chi connectivity index (χ3v) is 3.39. The van der Waals surface area contributed by atoms with Crippen molar-refractivity contribution in [3.8, 4) is 0 Å². The lowest BCUT2D eigenvalue weighted by molar-refractivity contribution is 0.133. The van der Waals surface area contributed by atoms with Gasteiger partial charge in [0.05, 0.1) is 6.10 Å². The summed E-state index contributed by atoms with van der Waals surface area (Å²) in [7, 11) is 4.12. The Balaban J connectivity index is 3.88. The minimum absolute atomic E-state index is 0.244. The summed E-state index contributed by atoms with van der Waals surface area (Å²) in [5.41, 5.74) is 0. The van der Waals surface area contributed by atoms with Crippen LogP contribution in [-0.4, -0.2) is 41.6 Å². The zero-order chi connectivity index (χ0) is 12.6. The molecule has 0 bridgehead atoms. The maximum absolute atomic E-state index is 9.43. The average molecular weight is 250 g/mol. The highest BCUT2D eigenvalue weighted by Gasteiger charge is 2.18. The molecule has 1 N–H and O–H groups in total. The Morgan fingerprint density at radius 1 is 1.19 bits per heavy atom. The second kappa shape index (κ2) is 9.26. The molecular formula is C13H28ClNO. The molecule has 3 heteroatoms. The topological polar surface area (TPSA) is 23.5 Å². The molecule has 0 aliphatic carbocycles. The molecule has 0 aromatic carbocycles. The van der Waals surface area contributed by atoms with Crippen LogP contribution in [0.3, 0.4) is 0 Å². The van der Waals surface area contributed by atoms with Crippen molar-refractivity contribution in [2.24, 2.45) is 0 Å². The van der Waals surface area contributed by atoms with E-state index in [4.69, 9.17) is 11.6 Å². The minimum Gasteiger partial charge on any atom is -0.393 e. The largest absolute Gasteiger partial charge is 0.393 e. The number of aliphatic hydroxyl groups is 1. The summed E-state index contributed by atoms with van der Waals surface area (Å²) >= 11 is 6.33. The highest BCUT2D eigenvalue weighted by Crippen LogP contribution is 2.19. The first-order chi connectivity index (χ1) is 7.47. The first-order valence-electron chi connectivity index (χ1n) is 6.45. The van der Waals surface area contributed by atoms with Crippen LogP contribution < -0.4 is 0 Å². The molecule has 2 nitrogen and oxygen atoms in total. The maximum atomic E-state index is 9.43. The molecule has 0 saturated carbocycles. The Kier molecular flexibility index (Phi) is 9.38. The molecule has 0 aliphatic heterocycles. The lowest BCUT2D eigenvalue weighted by Crippen LogP contribution is -2.33. The van der Waals surface area contributed by atoms with Crippen molar-refractivity contribution in [2.45, 2.75) is 69.9 Å². The number of aliphatic hydroxyl groups excluding tert-OH is 1. The predicted molar refractivity (Wildman–Crippen MR) is 72.2 cm³/mol. The predicted octanol–water partition coefficient (Wildman–Crippen LogP) is 3.27. The molecule has 0 aromatic heterocycles. The molecule has 0 rings (SSSR count). The summed E-state index contributed by atoms with van der Waals surface area (Å²) in [4.78, 5) is 2.17. The van der Waals surface area contributed by atoms with Crippen LogP contribution in [0, 0.1) is 0 Å². The van der Waals surface area contributed by atoms with E-state index < -0.39 is 0 Å². The summed E-state index contributed by atoms with van der Waals surface area (Å²) in [6.07, 6.45) is 6.37. The molecule has 0 aromatic rings. The first kappa shape index (κ1) is 16.2. The second-order valence-corrected chi connectivity index (χ2v) is 5.65. The monoisotopic (exact) mass is 249 g/mol. The van der Waals surface area contributed by atoms with Gasteiger partial charge in [-0.1, -0.05) is 26.2 Å². The van der Waals surface area contributed by atoms with Crippen LogP contribution in [0.1, 0.15) is 52.4 Å². The molecule has 0 amide bonds. The number of hydrogen-bond acceptors (Lipinski definition) is 2. The average Bonchev–Trinajstić information content (AvgIpc) is 2.16. The summed E-state index contributed by atoms with van der Waals surface area (Å²) in [5, 5.41) is 9.68. The van der Waals surface area contributed by atoms with Gasteiger partial charge in [-0.05, 0) is 40.3 Å². The van der Waals surface area contributed by atoms with Gasteiger partial charge in [0.2, 0.25) is 0 Å². The molecule has 98 valence electrons. The summed E-state index contributed by atoms with van der Waals surface area (Å²) in [6, 6.07) is 0.393. The summed E-state index contributed by atoms with van der Waals surface area (Å²) in [6.45, 7) is 4.05. The Morgan fingerprint density at radius 3 is 2.25 bits per heavy atom. The number of alkyl halides is 1. The molecule has 0 spiro atoms. The van der Waals surface area contributed by atoms with E-state index in [2.05, 4.69) is 25.9 Å². The molecular weight excluding hydrogens is 222 g/mol. The van der Waals surface area contributed by atoms with Gasteiger partial charge in [-0.15, -0.1) is 11.6 Å². The van der Waals surface area contributed by atoms with Crippen LogP contribution >= 0.6 is 11.6 Å². The van der Waals surface area contributed by atoms with E-state index >= 15 is 0 Å². The summed E-state index contributed by atoms with van der Waals surface area (Å²) in [5.74, 6) is 0. The van der Waals surface area contributed by atoms with Crippen LogP contribution in [-0.2, 0) is 0 Å². The van der Waals surface area contributed by atoms with Gasteiger partial charge in [0, 0.05) is 11.4 Å². The van der Waals surface area contributed by atoms with Gasteiger partial charge in [0.1, 0.15) is 0 Å². The quantitative estimate of drug-likeness (QED) is 0.501. The smallest absolute Gasteiger partial charge is 0.0527 e. The minimum atomic E-state index is -0.244. The number of unbranched alkanes of at least 4 members (excludes halogenated alkanes) is 2. The fraction of sp³-hybridized carbons (Fsp3) is 1.00. The van der Waals surface area contributed by atoms with Crippen LogP contribution in [0.2, 0.25) is 0 Å². The van der Waals surface area contributed by atoms with Crippen LogP contribution in [0.25, 0.3) is 0 Å². The highest BCUT2D eigenvalue weighted by atomic mass is 35.5.